The third-order valence-electron chi connectivity index (χ3n) is 2.63. The van der Waals surface area contributed by atoms with Crippen LogP contribution in [0.3, 0.4) is 0 Å². The lowest BCUT2D eigenvalue weighted by molar-refractivity contribution is -0.150. The minimum atomic E-state index is -1.04. The molecule has 1 rings (SSSR count). The van der Waals surface area contributed by atoms with Crippen LogP contribution in [0.5, 0.6) is 0 Å². The standard InChI is InChI=1S/C12H18N2O2S/c1-17-8-7-12(13,11(15)16-14)9-10-5-3-2-4-6-10/h2-6H,7-9,13-14H2,1H3. The first kappa shape index (κ1) is 14.0. The predicted octanol–water partition coefficient (Wildman–Crippen LogP) is 1.10. The average Bonchev–Trinajstić information content (AvgIpc) is 2.36. The lowest BCUT2D eigenvalue weighted by atomic mass is 9.89. The number of benzene rings is 1. The minimum Gasteiger partial charge on any atom is -0.372 e. The van der Waals surface area contributed by atoms with E-state index < -0.39 is 11.5 Å². The maximum atomic E-state index is 11.7. The van der Waals surface area contributed by atoms with Crippen LogP contribution in [0.2, 0.25) is 0 Å². The Labute approximate surface area is 106 Å². The number of hydrogen-bond acceptors (Lipinski definition) is 5. The van der Waals surface area contributed by atoms with E-state index in [1.807, 2.05) is 36.6 Å². The summed E-state index contributed by atoms with van der Waals surface area (Å²) in [4.78, 5) is 16.0. The second-order valence-electron chi connectivity index (χ2n) is 3.97. The van der Waals surface area contributed by atoms with E-state index in [1.165, 1.54) is 0 Å². The molecule has 0 amide bonds. The van der Waals surface area contributed by atoms with Crippen molar-refractivity contribution in [2.45, 2.75) is 18.4 Å². The molecule has 1 aromatic rings. The molecule has 1 unspecified atom stereocenters. The fraction of sp³-hybridized carbons (Fsp3) is 0.417. The number of thioether (sulfide) groups is 1. The summed E-state index contributed by atoms with van der Waals surface area (Å²) in [7, 11) is 0. The molecule has 0 fully saturated rings. The van der Waals surface area contributed by atoms with Crippen molar-refractivity contribution in [3.63, 3.8) is 0 Å². The van der Waals surface area contributed by atoms with E-state index in [2.05, 4.69) is 4.84 Å². The van der Waals surface area contributed by atoms with E-state index in [0.717, 1.165) is 11.3 Å². The van der Waals surface area contributed by atoms with Gasteiger partial charge in [-0.2, -0.15) is 17.7 Å². The Kier molecular flexibility index (Phi) is 5.47. The first-order chi connectivity index (χ1) is 8.12. The number of carbonyl (C=O) groups is 1. The van der Waals surface area contributed by atoms with Gasteiger partial charge in [-0.15, -0.1) is 0 Å². The SMILES string of the molecule is CSCCC(N)(Cc1ccccc1)C(=O)ON. The van der Waals surface area contributed by atoms with Crippen LogP contribution in [-0.4, -0.2) is 23.5 Å². The second-order valence-corrected chi connectivity index (χ2v) is 4.95. The van der Waals surface area contributed by atoms with Gasteiger partial charge < -0.3 is 10.6 Å². The monoisotopic (exact) mass is 254 g/mol. The summed E-state index contributed by atoms with van der Waals surface area (Å²) in [6.45, 7) is 0. The van der Waals surface area contributed by atoms with Crippen molar-refractivity contribution in [1.82, 2.24) is 0 Å². The summed E-state index contributed by atoms with van der Waals surface area (Å²) in [6, 6.07) is 9.62. The molecular formula is C12H18N2O2S. The van der Waals surface area contributed by atoms with Crippen LogP contribution >= 0.6 is 11.8 Å². The van der Waals surface area contributed by atoms with Gasteiger partial charge in [-0.25, -0.2) is 4.79 Å². The predicted molar refractivity (Wildman–Crippen MR) is 70.3 cm³/mol. The molecule has 0 saturated carbocycles. The minimum absolute atomic E-state index is 0.435. The molecule has 0 radical (unpaired) electrons. The van der Waals surface area contributed by atoms with E-state index in [-0.39, 0.29) is 0 Å². The van der Waals surface area contributed by atoms with Gasteiger partial charge in [0.05, 0.1) is 0 Å². The van der Waals surface area contributed by atoms with Crippen molar-refractivity contribution in [2.75, 3.05) is 12.0 Å². The van der Waals surface area contributed by atoms with Crippen LogP contribution in [0.25, 0.3) is 0 Å². The molecule has 0 aliphatic heterocycles. The molecule has 1 aromatic carbocycles. The molecule has 0 aliphatic rings. The summed E-state index contributed by atoms with van der Waals surface area (Å²) in [5.41, 5.74) is 6.06. The highest BCUT2D eigenvalue weighted by Gasteiger charge is 2.35. The van der Waals surface area contributed by atoms with E-state index in [1.54, 1.807) is 11.8 Å². The fourth-order valence-electron chi connectivity index (χ4n) is 1.62. The van der Waals surface area contributed by atoms with E-state index in [4.69, 9.17) is 11.6 Å². The summed E-state index contributed by atoms with van der Waals surface area (Å²) < 4.78 is 0. The molecule has 0 heterocycles. The summed E-state index contributed by atoms with van der Waals surface area (Å²) in [5, 5.41) is 0. The van der Waals surface area contributed by atoms with Crippen LogP contribution in [-0.2, 0) is 16.1 Å². The Bertz CT molecular complexity index is 359. The quantitative estimate of drug-likeness (QED) is 0.743. The Morgan fingerprint density at radius 3 is 2.59 bits per heavy atom. The van der Waals surface area contributed by atoms with Crippen LogP contribution in [0.15, 0.2) is 30.3 Å². The van der Waals surface area contributed by atoms with Gasteiger partial charge in [0.2, 0.25) is 0 Å². The van der Waals surface area contributed by atoms with Crippen molar-refractivity contribution in [1.29, 1.82) is 0 Å². The molecule has 0 bridgehead atoms. The van der Waals surface area contributed by atoms with E-state index in [0.29, 0.717) is 12.8 Å². The third kappa shape index (κ3) is 4.03. The molecule has 5 heteroatoms. The highest BCUT2D eigenvalue weighted by atomic mass is 32.2. The van der Waals surface area contributed by atoms with E-state index >= 15 is 0 Å². The zero-order valence-corrected chi connectivity index (χ0v) is 10.7. The second kappa shape index (κ2) is 6.64. The van der Waals surface area contributed by atoms with E-state index in [9.17, 15) is 4.79 Å². The maximum Gasteiger partial charge on any atom is 0.344 e. The van der Waals surface area contributed by atoms with Crippen molar-refractivity contribution in [3.8, 4) is 0 Å². The molecule has 0 aromatic heterocycles. The van der Waals surface area contributed by atoms with Gasteiger partial charge >= 0.3 is 5.97 Å². The summed E-state index contributed by atoms with van der Waals surface area (Å²) in [6.07, 6.45) is 2.94. The lowest BCUT2D eigenvalue weighted by Gasteiger charge is -2.25. The number of nitrogens with two attached hydrogens (primary N) is 2. The van der Waals surface area contributed by atoms with Gasteiger partial charge in [0.25, 0.3) is 0 Å². The maximum absolute atomic E-state index is 11.7. The first-order valence-electron chi connectivity index (χ1n) is 5.35. The van der Waals surface area contributed by atoms with Gasteiger partial charge in [0.15, 0.2) is 0 Å². The Balaban J connectivity index is 2.80. The normalized spacial score (nSPS) is 14.1. The molecule has 1 atom stereocenters. The van der Waals surface area contributed by atoms with Crippen molar-refractivity contribution >= 4 is 17.7 Å². The highest BCUT2D eigenvalue weighted by Crippen LogP contribution is 2.18. The zero-order chi connectivity index (χ0) is 12.7. The highest BCUT2D eigenvalue weighted by molar-refractivity contribution is 7.98. The molecule has 4 nitrogen and oxygen atoms in total. The molecule has 0 aliphatic carbocycles. The van der Waals surface area contributed by atoms with Crippen LogP contribution in [0.4, 0.5) is 0 Å². The summed E-state index contributed by atoms with van der Waals surface area (Å²) in [5.74, 6) is 5.18. The largest absolute Gasteiger partial charge is 0.372 e. The number of hydrogen-bond donors (Lipinski definition) is 2. The van der Waals surface area contributed by atoms with Gasteiger partial charge in [0.1, 0.15) is 5.54 Å². The third-order valence-corrected chi connectivity index (χ3v) is 3.24. The topological polar surface area (TPSA) is 78.3 Å². The Morgan fingerprint density at radius 2 is 2.06 bits per heavy atom. The molecule has 4 N–H and O–H groups in total. The number of carbonyl (C=O) groups excluding carboxylic acids is 1. The molecule has 17 heavy (non-hydrogen) atoms. The lowest BCUT2D eigenvalue weighted by Crippen LogP contribution is -2.52. The first-order valence-corrected chi connectivity index (χ1v) is 6.74. The smallest absolute Gasteiger partial charge is 0.344 e. The fourth-order valence-corrected chi connectivity index (χ4v) is 2.19. The van der Waals surface area contributed by atoms with Crippen molar-refractivity contribution in [3.05, 3.63) is 35.9 Å². The van der Waals surface area contributed by atoms with Crippen LogP contribution in [0.1, 0.15) is 12.0 Å². The van der Waals surface area contributed by atoms with Crippen molar-refractivity contribution < 1.29 is 9.63 Å². The van der Waals surface area contributed by atoms with Crippen molar-refractivity contribution in [2.24, 2.45) is 11.6 Å². The molecule has 0 spiro atoms. The Hall–Kier alpha value is -1.04. The van der Waals surface area contributed by atoms with Gasteiger partial charge in [-0.3, -0.25) is 0 Å². The van der Waals surface area contributed by atoms with Crippen LogP contribution < -0.4 is 11.6 Å². The van der Waals surface area contributed by atoms with Gasteiger partial charge in [-0.1, -0.05) is 30.3 Å². The summed E-state index contributed by atoms with van der Waals surface area (Å²) >= 11 is 1.64. The number of rotatable bonds is 6. The Morgan fingerprint density at radius 1 is 1.41 bits per heavy atom. The average molecular weight is 254 g/mol. The van der Waals surface area contributed by atoms with Gasteiger partial charge in [-0.05, 0) is 24.0 Å². The zero-order valence-electron chi connectivity index (χ0n) is 9.89. The molecule has 0 saturated heterocycles. The molecular weight excluding hydrogens is 236 g/mol. The van der Waals surface area contributed by atoms with Gasteiger partial charge in [0, 0.05) is 6.42 Å². The molecule has 94 valence electrons. The van der Waals surface area contributed by atoms with Crippen LogP contribution in [0, 0.1) is 0 Å².